The second-order valence-corrected chi connectivity index (χ2v) is 5.50. The van der Waals surface area contributed by atoms with Crippen LogP contribution in [0.3, 0.4) is 0 Å². The lowest BCUT2D eigenvalue weighted by atomic mass is 10.1. The second-order valence-electron chi connectivity index (χ2n) is 2.97. The highest BCUT2D eigenvalue weighted by Crippen LogP contribution is 2.27. The van der Waals surface area contributed by atoms with Crippen molar-refractivity contribution in [2.24, 2.45) is 0 Å². The predicted octanol–water partition coefficient (Wildman–Crippen LogP) is 2.22. The topological polar surface area (TPSA) is 77.3 Å². The maximum Gasteiger partial charge on any atom is 0.271 e. The summed E-state index contributed by atoms with van der Waals surface area (Å²) in [6.45, 7) is 1.55. The third-order valence-electron chi connectivity index (χ3n) is 1.95. The second kappa shape index (κ2) is 4.34. The van der Waals surface area contributed by atoms with E-state index in [1.807, 2.05) is 0 Å². The molecule has 1 aromatic carbocycles. The molecule has 0 bridgehead atoms. The smallest absolute Gasteiger partial charge is 0.258 e. The first kappa shape index (κ1) is 12.9. The van der Waals surface area contributed by atoms with Crippen molar-refractivity contribution in [1.82, 2.24) is 0 Å². The number of nitrogens with zero attached hydrogens (tertiary/aromatic N) is 1. The fourth-order valence-corrected chi connectivity index (χ4v) is 2.12. The van der Waals surface area contributed by atoms with Gasteiger partial charge < -0.3 is 0 Å². The first-order valence-corrected chi connectivity index (χ1v) is 6.49. The van der Waals surface area contributed by atoms with E-state index >= 15 is 0 Å². The molecule has 0 aliphatic carbocycles. The first-order chi connectivity index (χ1) is 7.27. The Balaban J connectivity index is 3.61. The van der Waals surface area contributed by atoms with E-state index in [0.29, 0.717) is 6.07 Å². The summed E-state index contributed by atoms with van der Waals surface area (Å²) in [5.41, 5.74) is -0.564. The zero-order valence-corrected chi connectivity index (χ0v) is 9.68. The van der Waals surface area contributed by atoms with Crippen LogP contribution in [0.15, 0.2) is 17.0 Å². The van der Waals surface area contributed by atoms with E-state index in [4.69, 9.17) is 10.7 Å². The van der Waals surface area contributed by atoms with Crippen LogP contribution in [0.25, 0.3) is 0 Å². The number of hydrogen-bond donors (Lipinski definition) is 0. The molecule has 16 heavy (non-hydrogen) atoms. The molecule has 5 nitrogen and oxygen atoms in total. The highest BCUT2D eigenvalue weighted by molar-refractivity contribution is 8.13. The van der Waals surface area contributed by atoms with Crippen molar-refractivity contribution < 1.29 is 17.7 Å². The lowest BCUT2D eigenvalue weighted by Gasteiger charge is -2.04. The molecule has 1 rings (SSSR count). The van der Waals surface area contributed by atoms with E-state index in [9.17, 15) is 22.9 Å². The van der Waals surface area contributed by atoms with Crippen molar-refractivity contribution in [3.63, 3.8) is 0 Å². The van der Waals surface area contributed by atoms with Crippen LogP contribution in [-0.4, -0.2) is 13.3 Å². The molecule has 0 radical (unpaired) electrons. The van der Waals surface area contributed by atoms with Gasteiger partial charge in [-0.1, -0.05) is 6.92 Å². The predicted molar refractivity (Wildman–Crippen MR) is 55.5 cm³/mol. The molecule has 0 aliphatic heterocycles. The van der Waals surface area contributed by atoms with Gasteiger partial charge in [-0.2, -0.15) is 0 Å². The average Bonchev–Trinajstić information content (AvgIpc) is 2.15. The van der Waals surface area contributed by atoms with Crippen LogP contribution in [-0.2, 0) is 15.5 Å². The Kier molecular flexibility index (Phi) is 3.49. The number of nitro groups is 1. The molecule has 0 saturated carbocycles. The van der Waals surface area contributed by atoms with Gasteiger partial charge in [-0.3, -0.25) is 10.1 Å². The summed E-state index contributed by atoms with van der Waals surface area (Å²) in [5.74, 6) is -1.04. The molecule has 0 aliphatic rings. The molecule has 0 spiro atoms. The summed E-state index contributed by atoms with van der Waals surface area (Å²) in [5, 5.41) is 10.5. The lowest BCUT2D eigenvalue weighted by molar-refractivity contribution is -0.385. The minimum atomic E-state index is -4.33. The van der Waals surface area contributed by atoms with Gasteiger partial charge in [0, 0.05) is 22.8 Å². The van der Waals surface area contributed by atoms with E-state index in [1.165, 1.54) is 0 Å². The molecular formula is C8H7ClFNO4S. The van der Waals surface area contributed by atoms with Crippen molar-refractivity contribution >= 4 is 25.4 Å². The highest BCUT2D eigenvalue weighted by atomic mass is 35.7. The molecule has 0 amide bonds. The van der Waals surface area contributed by atoms with E-state index in [-0.39, 0.29) is 12.0 Å². The molecule has 8 heteroatoms. The quantitative estimate of drug-likeness (QED) is 0.478. The lowest BCUT2D eigenvalue weighted by Crippen LogP contribution is -2.02. The Morgan fingerprint density at radius 3 is 2.44 bits per heavy atom. The normalized spacial score (nSPS) is 11.4. The van der Waals surface area contributed by atoms with Crippen LogP contribution in [0.1, 0.15) is 12.5 Å². The van der Waals surface area contributed by atoms with Gasteiger partial charge in [-0.15, -0.1) is 0 Å². The summed E-state index contributed by atoms with van der Waals surface area (Å²) in [6.07, 6.45) is 0.132. The van der Waals surface area contributed by atoms with Crippen molar-refractivity contribution in [3.8, 4) is 0 Å². The number of halogens is 2. The number of non-ortho nitro benzene ring substituents is 1. The summed E-state index contributed by atoms with van der Waals surface area (Å²) in [4.78, 5) is 8.84. The number of aryl methyl sites for hydroxylation is 1. The highest BCUT2D eigenvalue weighted by Gasteiger charge is 2.23. The van der Waals surface area contributed by atoms with Gasteiger partial charge >= 0.3 is 0 Å². The molecule has 0 fully saturated rings. The van der Waals surface area contributed by atoms with Crippen molar-refractivity contribution in [2.75, 3.05) is 0 Å². The molecule has 1 aromatic rings. The van der Waals surface area contributed by atoms with Crippen LogP contribution < -0.4 is 0 Å². The van der Waals surface area contributed by atoms with E-state index < -0.39 is 30.4 Å². The van der Waals surface area contributed by atoms with Crippen LogP contribution in [0.2, 0.25) is 0 Å². The molecule has 0 atom stereocenters. The largest absolute Gasteiger partial charge is 0.271 e. The molecular weight excluding hydrogens is 261 g/mol. The number of nitro benzene ring substituents is 1. The Labute approximate surface area is 95.4 Å². The Bertz CT molecular complexity index is 543. The van der Waals surface area contributed by atoms with Gasteiger partial charge in [0.05, 0.1) is 4.92 Å². The van der Waals surface area contributed by atoms with E-state index in [2.05, 4.69) is 0 Å². The summed E-state index contributed by atoms with van der Waals surface area (Å²) in [7, 11) is 0.650. The Morgan fingerprint density at radius 2 is 2.06 bits per heavy atom. The van der Waals surface area contributed by atoms with Crippen LogP contribution >= 0.6 is 10.7 Å². The van der Waals surface area contributed by atoms with Crippen LogP contribution in [0.5, 0.6) is 0 Å². The van der Waals surface area contributed by atoms with Gasteiger partial charge in [0.25, 0.3) is 14.7 Å². The summed E-state index contributed by atoms with van der Waals surface area (Å²) in [6, 6.07) is 1.59. The zero-order valence-electron chi connectivity index (χ0n) is 8.11. The van der Waals surface area contributed by atoms with E-state index in [0.717, 1.165) is 6.07 Å². The molecule has 0 unspecified atom stereocenters. The summed E-state index contributed by atoms with van der Waals surface area (Å²) < 4.78 is 35.5. The van der Waals surface area contributed by atoms with Gasteiger partial charge in [0.1, 0.15) is 10.7 Å². The van der Waals surface area contributed by atoms with Gasteiger partial charge in [-0.25, -0.2) is 12.8 Å². The SMILES string of the molecule is CCc1cc([N+](=O)[O-])cc(S(=O)(=O)Cl)c1F. The minimum absolute atomic E-state index is 0.0616. The average molecular weight is 268 g/mol. The molecule has 0 aromatic heterocycles. The molecule has 0 heterocycles. The van der Waals surface area contributed by atoms with Crippen molar-refractivity contribution in [3.05, 3.63) is 33.6 Å². The number of rotatable bonds is 3. The summed E-state index contributed by atoms with van der Waals surface area (Å²) >= 11 is 0. The zero-order chi connectivity index (χ0) is 12.5. The van der Waals surface area contributed by atoms with Gasteiger partial charge in [-0.05, 0) is 12.0 Å². The maximum absolute atomic E-state index is 13.5. The standard InChI is InChI=1S/C8H7ClFNO4S/c1-2-5-3-6(11(12)13)4-7(8(5)10)16(9,14)15/h3-4H,2H2,1H3. The monoisotopic (exact) mass is 267 g/mol. The third kappa shape index (κ3) is 2.48. The van der Waals surface area contributed by atoms with Crippen LogP contribution in [0, 0.1) is 15.9 Å². The molecule has 0 saturated heterocycles. The fourth-order valence-electron chi connectivity index (χ4n) is 1.18. The fraction of sp³-hybridized carbons (Fsp3) is 0.250. The van der Waals surface area contributed by atoms with Crippen molar-refractivity contribution in [2.45, 2.75) is 18.2 Å². The van der Waals surface area contributed by atoms with E-state index in [1.54, 1.807) is 6.92 Å². The maximum atomic E-state index is 13.5. The molecule has 88 valence electrons. The Morgan fingerprint density at radius 1 is 1.50 bits per heavy atom. The first-order valence-electron chi connectivity index (χ1n) is 4.18. The number of hydrogen-bond acceptors (Lipinski definition) is 4. The van der Waals surface area contributed by atoms with Gasteiger partial charge in [0.15, 0.2) is 0 Å². The molecule has 0 N–H and O–H groups in total. The minimum Gasteiger partial charge on any atom is -0.258 e. The van der Waals surface area contributed by atoms with Crippen LogP contribution in [0.4, 0.5) is 10.1 Å². The van der Waals surface area contributed by atoms with Gasteiger partial charge in [0.2, 0.25) is 0 Å². The third-order valence-corrected chi connectivity index (χ3v) is 3.27. The number of benzene rings is 1. The van der Waals surface area contributed by atoms with Crippen molar-refractivity contribution in [1.29, 1.82) is 0 Å². The Hall–Kier alpha value is -1.21.